The summed E-state index contributed by atoms with van der Waals surface area (Å²) < 4.78 is 6.07. The van der Waals surface area contributed by atoms with Gasteiger partial charge in [-0.1, -0.05) is 12.1 Å². The molecule has 0 aliphatic carbocycles. The van der Waals surface area contributed by atoms with Crippen molar-refractivity contribution in [2.75, 3.05) is 25.5 Å². The van der Waals surface area contributed by atoms with Gasteiger partial charge in [0, 0.05) is 23.2 Å². The predicted octanol–water partition coefficient (Wildman–Crippen LogP) is 3.19. The largest absolute Gasteiger partial charge is 0.497 e. The second-order valence-corrected chi connectivity index (χ2v) is 7.26. The van der Waals surface area contributed by atoms with Crippen LogP contribution < -0.4 is 10.1 Å². The number of methoxy groups -OCH3 is 1. The van der Waals surface area contributed by atoms with Crippen LogP contribution in [0.25, 0.3) is 0 Å². The number of carbonyl (C=O) groups is 2. The molecule has 1 atom stereocenters. The molecule has 2 aliphatic heterocycles. The number of anilines is 1. The van der Waals surface area contributed by atoms with Crippen LogP contribution in [0.4, 0.5) is 5.69 Å². The summed E-state index contributed by atoms with van der Waals surface area (Å²) in [4.78, 5) is 27.4. The Morgan fingerprint density at radius 2 is 2.08 bits per heavy atom. The molecule has 1 unspecified atom stereocenters. The van der Waals surface area contributed by atoms with Crippen molar-refractivity contribution in [1.29, 1.82) is 0 Å². The molecule has 1 saturated heterocycles. The normalized spacial score (nSPS) is 21.4. The van der Waals surface area contributed by atoms with Crippen molar-refractivity contribution in [3.8, 4) is 5.75 Å². The van der Waals surface area contributed by atoms with E-state index in [-0.39, 0.29) is 11.8 Å². The maximum Gasteiger partial charge on any atom is 0.255 e. The SMILES string of the molecule is COc1ccc2c(c1)C1(CCN(C(=O)c3ccccc3Br)C1)C(=O)N2. The van der Waals surface area contributed by atoms with Crippen LogP contribution in [-0.4, -0.2) is 36.9 Å². The highest BCUT2D eigenvalue weighted by Gasteiger charge is 2.52. The first-order chi connectivity index (χ1) is 12.0. The monoisotopic (exact) mass is 400 g/mol. The number of hydrogen-bond acceptors (Lipinski definition) is 3. The highest BCUT2D eigenvalue weighted by Crippen LogP contribution is 2.45. The van der Waals surface area contributed by atoms with Crippen molar-refractivity contribution in [2.45, 2.75) is 11.8 Å². The maximum absolute atomic E-state index is 12.9. The molecule has 0 radical (unpaired) electrons. The molecule has 4 rings (SSSR count). The van der Waals surface area contributed by atoms with Gasteiger partial charge in [0.05, 0.1) is 18.1 Å². The number of nitrogens with zero attached hydrogens (tertiary/aromatic N) is 1. The van der Waals surface area contributed by atoms with Crippen LogP contribution in [0.2, 0.25) is 0 Å². The molecule has 1 spiro atoms. The molecule has 0 bridgehead atoms. The first-order valence-corrected chi connectivity index (χ1v) is 8.88. The molecule has 1 fully saturated rings. The highest BCUT2D eigenvalue weighted by atomic mass is 79.9. The van der Waals surface area contributed by atoms with E-state index in [1.54, 1.807) is 18.1 Å². The van der Waals surface area contributed by atoms with E-state index in [0.717, 1.165) is 15.7 Å². The molecular weight excluding hydrogens is 384 g/mol. The van der Waals surface area contributed by atoms with E-state index in [2.05, 4.69) is 21.2 Å². The molecule has 0 aromatic heterocycles. The Morgan fingerprint density at radius 1 is 1.28 bits per heavy atom. The predicted molar refractivity (Wildman–Crippen MR) is 98.0 cm³/mol. The number of halogens is 1. The summed E-state index contributed by atoms with van der Waals surface area (Å²) in [6, 6.07) is 13.0. The molecule has 2 amide bonds. The Morgan fingerprint density at radius 3 is 2.84 bits per heavy atom. The van der Waals surface area contributed by atoms with Gasteiger partial charge in [0.2, 0.25) is 5.91 Å². The minimum absolute atomic E-state index is 0.0434. The summed E-state index contributed by atoms with van der Waals surface area (Å²) in [5, 5.41) is 2.95. The number of rotatable bonds is 2. The van der Waals surface area contributed by atoms with E-state index in [1.165, 1.54) is 0 Å². The molecule has 2 heterocycles. The topological polar surface area (TPSA) is 58.6 Å². The van der Waals surface area contributed by atoms with Crippen molar-refractivity contribution >= 4 is 33.4 Å². The molecule has 5 nitrogen and oxygen atoms in total. The lowest BCUT2D eigenvalue weighted by Gasteiger charge is -2.23. The standard InChI is InChI=1S/C19H17BrN2O3/c1-25-12-6-7-16-14(10-12)19(18(24)21-16)8-9-22(11-19)17(23)13-4-2-3-5-15(13)20/h2-7,10H,8-9,11H2,1H3,(H,21,24). The first-order valence-electron chi connectivity index (χ1n) is 8.09. The lowest BCUT2D eigenvalue weighted by Crippen LogP contribution is -2.39. The third-order valence-corrected chi connectivity index (χ3v) is 5.78. The van der Waals surface area contributed by atoms with Gasteiger partial charge >= 0.3 is 0 Å². The van der Waals surface area contributed by atoms with Gasteiger partial charge < -0.3 is 15.0 Å². The van der Waals surface area contributed by atoms with Gasteiger partial charge in [0.1, 0.15) is 5.75 Å². The average molecular weight is 401 g/mol. The van der Waals surface area contributed by atoms with Crippen molar-refractivity contribution in [3.05, 3.63) is 58.1 Å². The number of amides is 2. The van der Waals surface area contributed by atoms with E-state index in [1.807, 2.05) is 36.4 Å². The van der Waals surface area contributed by atoms with Crippen LogP contribution in [0.5, 0.6) is 5.75 Å². The molecular formula is C19H17BrN2O3. The van der Waals surface area contributed by atoms with Gasteiger partial charge in [0.25, 0.3) is 5.91 Å². The van der Waals surface area contributed by atoms with Gasteiger partial charge in [0.15, 0.2) is 0 Å². The molecule has 6 heteroatoms. The summed E-state index contributed by atoms with van der Waals surface area (Å²) >= 11 is 3.43. The lowest BCUT2D eigenvalue weighted by molar-refractivity contribution is -0.120. The second-order valence-electron chi connectivity index (χ2n) is 6.40. The fourth-order valence-electron chi connectivity index (χ4n) is 3.71. The zero-order valence-corrected chi connectivity index (χ0v) is 15.3. The highest BCUT2D eigenvalue weighted by molar-refractivity contribution is 9.10. The number of benzene rings is 2. The van der Waals surface area contributed by atoms with Gasteiger partial charge in [-0.15, -0.1) is 0 Å². The molecule has 0 saturated carbocycles. The lowest BCUT2D eigenvalue weighted by atomic mass is 9.81. The van der Waals surface area contributed by atoms with Gasteiger partial charge in [-0.3, -0.25) is 9.59 Å². The summed E-state index contributed by atoms with van der Waals surface area (Å²) in [5.41, 5.74) is 1.64. The maximum atomic E-state index is 12.9. The zero-order valence-electron chi connectivity index (χ0n) is 13.7. The second kappa shape index (κ2) is 5.88. The Bertz CT molecular complexity index is 883. The minimum Gasteiger partial charge on any atom is -0.497 e. The molecule has 2 aromatic rings. The number of carbonyl (C=O) groups excluding carboxylic acids is 2. The van der Waals surface area contributed by atoms with Crippen LogP contribution in [0.15, 0.2) is 46.9 Å². The third kappa shape index (κ3) is 2.43. The quantitative estimate of drug-likeness (QED) is 0.841. The third-order valence-electron chi connectivity index (χ3n) is 5.09. The van der Waals surface area contributed by atoms with Crippen molar-refractivity contribution in [3.63, 3.8) is 0 Å². The molecule has 2 aliphatic rings. The Balaban J connectivity index is 1.68. The van der Waals surface area contributed by atoms with Crippen LogP contribution in [0.1, 0.15) is 22.3 Å². The van der Waals surface area contributed by atoms with E-state index in [9.17, 15) is 9.59 Å². The summed E-state index contributed by atoms with van der Waals surface area (Å²) in [5.74, 6) is 0.608. The number of fused-ring (bicyclic) bond motifs is 2. The average Bonchev–Trinajstić information content (AvgIpc) is 3.18. The Labute approximate surface area is 154 Å². The fourth-order valence-corrected chi connectivity index (χ4v) is 4.17. The smallest absolute Gasteiger partial charge is 0.255 e. The Kier molecular flexibility index (Phi) is 3.80. The molecule has 25 heavy (non-hydrogen) atoms. The van der Waals surface area contributed by atoms with E-state index >= 15 is 0 Å². The summed E-state index contributed by atoms with van der Waals surface area (Å²) in [6.07, 6.45) is 0.606. The Hall–Kier alpha value is -2.34. The van der Waals surface area contributed by atoms with E-state index in [4.69, 9.17) is 4.74 Å². The number of ether oxygens (including phenoxy) is 1. The molecule has 128 valence electrons. The first kappa shape index (κ1) is 16.1. The van der Waals surface area contributed by atoms with Gasteiger partial charge in [-0.2, -0.15) is 0 Å². The fraction of sp³-hybridized carbons (Fsp3) is 0.263. The molecule has 2 aromatic carbocycles. The number of hydrogen-bond donors (Lipinski definition) is 1. The van der Waals surface area contributed by atoms with Crippen LogP contribution in [0, 0.1) is 0 Å². The van der Waals surface area contributed by atoms with Crippen LogP contribution in [-0.2, 0) is 10.2 Å². The van der Waals surface area contributed by atoms with Gasteiger partial charge in [-0.05, 0) is 58.2 Å². The van der Waals surface area contributed by atoms with E-state index in [0.29, 0.717) is 30.8 Å². The molecule has 1 N–H and O–H groups in total. The zero-order chi connectivity index (χ0) is 17.6. The van der Waals surface area contributed by atoms with E-state index < -0.39 is 5.41 Å². The summed E-state index contributed by atoms with van der Waals surface area (Å²) in [7, 11) is 1.61. The van der Waals surface area contributed by atoms with Crippen molar-refractivity contribution < 1.29 is 14.3 Å². The van der Waals surface area contributed by atoms with Crippen LogP contribution in [0.3, 0.4) is 0 Å². The van der Waals surface area contributed by atoms with Crippen LogP contribution >= 0.6 is 15.9 Å². The van der Waals surface area contributed by atoms with Crippen molar-refractivity contribution in [1.82, 2.24) is 4.90 Å². The number of likely N-dealkylation sites (tertiary alicyclic amines) is 1. The summed E-state index contributed by atoms with van der Waals surface area (Å²) in [6.45, 7) is 0.920. The van der Waals surface area contributed by atoms with Crippen molar-refractivity contribution in [2.24, 2.45) is 0 Å². The van der Waals surface area contributed by atoms with Gasteiger partial charge in [-0.25, -0.2) is 0 Å². The number of nitrogens with one attached hydrogen (secondary N) is 1. The minimum atomic E-state index is -0.694.